The molecule has 2 saturated heterocycles. The third-order valence-electron chi connectivity index (χ3n) is 6.56. The van der Waals surface area contributed by atoms with Gasteiger partial charge in [0.2, 0.25) is 10.8 Å². The zero-order chi connectivity index (χ0) is 20.9. The molecule has 3 aliphatic heterocycles. The number of nitrogens with zero attached hydrogens (tertiary/aromatic N) is 3. The molecule has 5 rings (SSSR count). The zero-order valence-corrected chi connectivity index (χ0v) is 18.3. The van der Waals surface area contributed by atoms with Crippen molar-refractivity contribution in [2.45, 2.75) is 36.8 Å². The van der Waals surface area contributed by atoms with E-state index >= 15 is 0 Å². The van der Waals surface area contributed by atoms with E-state index in [1.54, 1.807) is 4.90 Å². The molecule has 5 nitrogen and oxygen atoms in total. The summed E-state index contributed by atoms with van der Waals surface area (Å²) in [5, 5.41) is -0.280. The fraction of sp³-hybridized carbons (Fsp3) is 0.417. The maximum atomic E-state index is 14.1. The first-order chi connectivity index (χ1) is 14.5. The summed E-state index contributed by atoms with van der Waals surface area (Å²) in [6, 6.07) is 17.6. The van der Waals surface area contributed by atoms with Gasteiger partial charge in [0.05, 0.1) is 17.6 Å². The summed E-state index contributed by atoms with van der Waals surface area (Å²) < 4.78 is 0. The van der Waals surface area contributed by atoms with Crippen molar-refractivity contribution in [3.8, 4) is 0 Å². The second kappa shape index (κ2) is 7.43. The van der Waals surface area contributed by atoms with Crippen LogP contribution in [0.5, 0.6) is 0 Å². The van der Waals surface area contributed by atoms with E-state index in [0.717, 1.165) is 48.8 Å². The van der Waals surface area contributed by atoms with E-state index in [1.807, 2.05) is 66.4 Å². The summed E-state index contributed by atoms with van der Waals surface area (Å²) >= 11 is 1.47. The molecule has 0 saturated carbocycles. The lowest BCUT2D eigenvalue weighted by molar-refractivity contribution is -0.124. The standard InChI is InChI=1S/C24H27N3O2S/c1-17-12-14-25(15-13-17)16-26-21-11-7-6-10-20(21)24(23(26)29)27(22(28)18(2)30-24)19-8-4-3-5-9-19/h3-11,17-18H,12-16H2,1-2H3/t18-,24+/m0/s1. The van der Waals surface area contributed by atoms with Crippen LogP contribution in [0.4, 0.5) is 11.4 Å². The van der Waals surface area contributed by atoms with E-state index in [-0.39, 0.29) is 17.1 Å². The van der Waals surface area contributed by atoms with Crippen molar-refractivity contribution >= 4 is 35.0 Å². The van der Waals surface area contributed by atoms with Crippen LogP contribution in [0.1, 0.15) is 32.3 Å². The molecule has 2 amide bonds. The van der Waals surface area contributed by atoms with E-state index in [2.05, 4.69) is 11.8 Å². The van der Waals surface area contributed by atoms with Gasteiger partial charge in [0.15, 0.2) is 0 Å². The number of rotatable bonds is 3. The summed E-state index contributed by atoms with van der Waals surface area (Å²) in [5.41, 5.74) is 2.62. The van der Waals surface area contributed by atoms with Gasteiger partial charge in [-0.15, -0.1) is 11.8 Å². The smallest absolute Gasteiger partial charge is 0.269 e. The van der Waals surface area contributed by atoms with Crippen LogP contribution in [0.15, 0.2) is 54.6 Å². The van der Waals surface area contributed by atoms with Gasteiger partial charge in [0.1, 0.15) is 0 Å². The van der Waals surface area contributed by atoms with Crippen molar-refractivity contribution in [2.75, 3.05) is 29.6 Å². The fourth-order valence-corrected chi connectivity index (χ4v) is 6.39. The normalized spacial score (nSPS) is 27.3. The minimum atomic E-state index is -1.03. The van der Waals surface area contributed by atoms with Gasteiger partial charge in [-0.1, -0.05) is 43.3 Å². The molecule has 0 bridgehead atoms. The number of hydrogen-bond donors (Lipinski definition) is 0. The second-order valence-electron chi connectivity index (χ2n) is 8.61. The summed E-state index contributed by atoms with van der Waals surface area (Å²) in [4.78, 5) is 32.3. The molecule has 6 heteroatoms. The van der Waals surface area contributed by atoms with Gasteiger partial charge < -0.3 is 0 Å². The van der Waals surface area contributed by atoms with Crippen molar-refractivity contribution in [3.63, 3.8) is 0 Å². The lowest BCUT2D eigenvalue weighted by atomic mass is 10.00. The maximum Gasteiger partial charge on any atom is 0.269 e. The second-order valence-corrected chi connectivity index (χ2v) is 10.1. The number of fused-ring (bicyclic) bond motifs is 2. The van der Waals surface area contributed by atoms with Gasteiger partial charge in [-0.3, -0.25) is 24.3 Å². The van der Waals surface area contributed by atoms with Crippen LogP contribution in [0, 0.1) is 5.92 Å². The van der Waals surface area contributed by atoms with Gasteiger partial charge in [0.25, 0.3) is 5.91 Å². The van der Waals surface area contributed by atoms with Crippen LogP contribution < -0.4 is 9.80 Å². The molecule has 2 fully saturated rings. The average molecular weight is 422 g/mol. The number of hydrogen-bond acceptors (Lipinski definition) is 4. The SMILES string of the molecule is CC1CCN(CN2C(=O)[C@]3(S[C@@H](C)C(=O)N3c3ccccc3)c3ccccc32)CC1. The summed E-state index contributed by atoms with van der Waals surface area (Å²) in [6.07, 6.45) is 2.32. The minimum Gasteiger partial charge on any atom is -0.295 e. The van der Waals surface area contributed by atoms with Gasteiger partial charge in [-0.2, -0.15) is 0 Å². The quantitative estimate of drug-likeness (QED) is 0.750. The first-order valence-corrected chi connectivity index (χ1v) is 11.6. The Balaban J connectivity index is 1.58. The molecule has 156 valence electrons. The van der Waals surface area contributed by atoms with E-state index < -0.39 is 4.87 Å². The molecular formula is C24H27N3O2S. The van der Waals surface area contributed by atoms with Gasteiger partial charge in [-0.05, 0) is 43.9 Å². The minimum absolute atomic E-state index is 0.00567. The molecule has 0 radical (unpaired) electrons. The molecule has 3 aliphatic rings. The molecule has 2 aromatic rings. The van der Waals surface area contributed by atoms with Crippen molar-refractivity contribution in [3.05, 3.63) is 60.2 Å². The zero-order valence-electron chi connectivity index (χ0n) is 17.5. The van der Waals surface area contributed by atoms with E-state index in [0.29, 0.717) is 6.67 Å². The lowest BCUT2D eigenvalue weighted by Crippen LogP contribution is -2.52. The summed E-state index contributed by atoms with van der Waals surface area (Å²) in [7, 11) is 0. The van der Waals surface area contributed by atoms with Crippen molar-refractivity contribution in [1.29, 1.82) is 0 Å². The molecule has 3 heterocycles. The van der Waals surface area contributed by atoms with Crippen LogP contribution in [0.3, 0.4) is 0 Å². The topological polar surface area (TPSA) is 43.9 Å². The maximum absolute atomic E-state index is 14.1. The third kappa shape index (κ3) is 2.88. The number of thioether (sulfide) groups is 1. The van der Waals surface area contributed by atoms with Gasteiger partial charge >= 0.3 is 0 Å². The predicted octanol–water partition coefficient (Wildman–Crippen LogP) is 4.04. The number of likely N-dealkylation sites (tertiary alicyclic amines) is 1. The van der Waals surface area contributed by atoms with E-state index in [9.17, 15) is 9.59 Å². The Kier molecular flexibility index (Phi) is 4.86. The molecule has 2 aromatic carbocycles. The van der Waals surface area contributed by atoms with Crippen LogP contribution in [0.2, 0.25) is 0 Å². The van der Waals surface area contributed by atoms with Crippen molar-refractivity contribution in [1.82, 2.24) is 4.90 Å². The first-order valence-electron chi connectivity index (χ1n) is 10.7. The number of carbonyl (C=O) groups excluding carboxylic acids is 2. The Morgan fingerprint density at radius 3 is 2.37 bits per heavy atom. The number of anilines is 2. The Morgan fingerprint density at radius 1 is 0.967 bits per heavy atom. The molecule has 2 atom stereocenters. The highest BCUT2D eigenvalue weighted by Crippen LogP contribution is 2.57. The average Bonchev–Trinajstić information content (AvgIpc) is 3.16. The van der Waals surface area contributed by atoms with Crippen molar-refractivity contribution < 1.29 is 9.59 Å². The van der Waals surface area contributed by atoms with Crippen LogP contribution in [-0.4, -0.2) is 41.7 Å². The van der Waals surface area contributed by atoms with Gasteiger partial charge in [0, 0.05) is 24.3 Å². The number of carbonyl (C=O) groups is 2. The Morgan fingerprint density at radius 2 is 1.63 bits per heavy atom. The Bertz CT molecular complexity index is 973. The number of benzene rings is 2. The highest BCUT2D eigenvalue weighted by Gasteiger charge is 2.63. The summed E-state index contributed by atoms with van der Waals surface area (Å²) in [5.74, 6) is 0.725. The molecule has 0 unspecified atom stereocenters. The number of amides is 2. The number of para-hydroxylation sites is 2. The number of piperidine rings is 1. The Hall–Kier alpha value is -2.31. The first kappa shape index (κ1) is 19.6. The van der Waals surface area contributed by atoms with Crippen molar-refractivity contribution in [2.24, 2.45) is 5.92 Å². The van der Waals surface area contributed by atoms with Crippen LogP contribution in [-0.2, 0) is 14.5 Å². The van der Waals surface area contributed by atoms with Crippen LogP contribution >= 0.6 is 11.8 Å². The van der Waals surface area contributed by atoms with Gasteiger partial charge in [-0.25, -0.2) is 0 Å². The lowest BCUT2D eigenvalue weighted by Gasteiger charge is -2.35. The van der Waals surface area contributed by atoms with Crippen LogP contribution in [0.25, 0.3) is 0 Å². The molecule has 0 N–H and O–H groups in total. The summed E-state index contributed by atoms with van der Waals surface area (Å²) in [6.45, 7) is 6.79. The molecule has 1 spiro atoms. The largest absolute Gasteiger partial charge is 0.295 e. The highest BCUT2D eigenvalue weighted by atomic mass is 32.2. The molecule has 0 aliphatic carbocycles. The molecule has 0 aromatic heterocycles. The third-order valence-corrected chi connectivity index (χ3v) is 8.03. The fourth-order valence-electron chi connectivity index (χ4n) is 4.86. The van der Waals surface area contributed by atoms with E-state index in [4.69, 9.17) is 0 Å². The molecule has 30 heavy (non-hydrogen) atoms. The Labute approximate surface area is 182 Å². The molecular weight excluding hydrogens is 394 g/mol. The predicted molar refractivity (Wildman–Crippen MR) is 121 cm³/mol. The monoisotopic (exact) mass is 421 g/mol. The van der Waals surface area contributed by atoms with E-state index in [1.165, 1.54) is 11.8 Å². The highest BCUT2D eigenvalue weighted by molar-refractivity contribution is 8.03.